The van der Waals surface area contributed by atoms with Crippen LogP contribution in [-0.4, -0.2) is 49.5 Å². The molecule has 0 unspecified atom stereocenters. The maximum Gasteiger partial charge on any atom is 0.410 e. The molecule has 0 saturated carbocycles. The van der Waals surface area contributed by atoms with Crippen LogP contribution in [0, 0.1) is 0 Å². The molecule has 1 fully saturated rings. The maximum absolute atomic E-state index is 12.6. The predicted octanol–water partition coefficient (Wildman–Crippen LogP) is 4.36. The van der Waals surface area contributed by atoms with Gasteiger partial charge in [0, 0.05) is 19.0 Å². The van der Waals surface area contributed by atoms with E-state index in [2.05, 4.69) is 25.9 Å². The van der Waals surface area contributed by atoms with Crippen molar-refractivity contribution in [2.45, 2.75) is 25.4 Å². The van der Waals surface area contributed by atoms with Crippen LogP contribution in [0.5, 0.6) is 0 Å². The number of ether oxygens (including phenoxy) is 1. The molecule has 30 heavy (non-hydrogen) atoms. The number of likely N-dealkylation sites (tertiary alicyclic amines) is 1. The fourth-order valence-electron chi connectivity index (χ4n) is 3.66. The number of amides is 1. The molecule has 156 valence electrons. The van der Waals surface area contributed by atoms with Crippen molar-refractivity contribution in [2.75, 3.05) is 13.1 Å². The average molecular weight is 494 g/mol. The van der Waals surface area contributed by atoms with E-state index < -0.39 is 12.1 Å². The number of rotatable bonds is 4. The van der Waals surface area contributed by atoms with Crippen LogP contribution in [0.4, 0.5) is 4.79 Å². The number of nitrogens with zero attached hydrogens (tertiary/aromatic N) is 4. The number of carboxylic acid groups (broad SMARTS) is 1. The number of halogens is 2. The first-order chi connectivity index (χ1) is 14.5. The zero-order chi connectivity index (χ0) is 21.3. The van der Waals surface area contributed by atoms with E-state index in [0.29, 0.717) is 29.0 Å². The van der Waals surface area contributed by atoms with Gasteiger partial charge in [0.15, 0.2) is 10.8 Å². The highest BCUT2D eigenvalue weighted by molar-refractivity contribution is 9.10. The Bertz CT molecular complexity index is 1110. The molecule has 1 N–H and O–H groups in total. The SMILES string of the molecule is O=C(O)c1cnc(Cl)c2c(Br)nc([C@@H]3CCCN(C(=O)OCc4ccccc4)C3)n12. The molecular formula is C20H18BrClN4O4. The minimum atomic E-state index is -1.13. The Morgan fingerprint density at radius 3 is 2.80 bits per heavy atom. The van der Waals surface area contributed by atoms with Gasteiger partial charge in [0.1, 0.15) is 22.6 Å². The normalized spacial score (nSPS) is 16.6. The van der Waals surface area contributed by atoms with Crippen molar-refractivity contribution in [3.63, 3.8) is 0 Å². The van der Waals surface area contributed by atoms with E-state index in [1.165, 1.54) is 10.6 Å². The van der Waals surface area contributed by atoms with E-state index in [4.69, 9.17) is 16.3 Å². The van der Waals surface area contributed by atoms with E-state index in [1.54, 1.807) is 4.90 Å². The Balaban J connectivity index is 1.57. The number of piperidine rings is 1. The van der Waals surface area contributed by atoms with E-state index >= 15 is 0 Å². The number of fused-ring (bicyclic) bond motifs is 1. The maximum atomic E-state index is 12.6. The first kappa shape index (κ1) is 20.6. The highest BCUT2D eigenvalue weighted by Gasteiger charge is 2.31. The summed E-state index contributed by atoms with van der Waals surface area (Å²) >= 11 is 9.55. The number of carboxylic acids is 1. The zero-order valence-corrected chi connectivity index (χ0v) is 18.1. The lowest BCUT2D eigenvalue weighted by molar-refractivity contribution is 0.0685. The summed E-state index contributed by atoms with van der Waals surface area (Å²) in [5, 5.41) is 9.75. The highest BCUT2D eigenvalue weighted by atomic mass is 79.9. The van der Waals surface area contributed by atoms with Gasteiger partial charge in [0.25, 0.3) is 0 Å². The van der Waals surface area contributed by atoms with Crippen LogP contribution in [0.3, 0.4) is 0 Å². The molecule has 1 aliphatic rings. The number of benzene rings is 1. The molecule has 3 aromatic rings. The Hall–Kier alpha value is -2.65. The number of carbonyl (C=O) groups is 2. The van der Waals surface area contributed by atoms with Gasteiger partial charge in [-0.05, 0) is 34.3 Å². The summed E-state index contributed by atoms with van der Waals surface area (Å²) in [7, 11) is 0. The van der Waals surface area contributed by atoms with Gasteiger partial charge in [-0.15, -0.1) is 0 Å². The van der Waals surface area contributed by atoms with Crippen molar-refractivity contribution in [1.29, 1.82) is 0 Å². The summed E-state index contributed by atoms with van der Waals surface area (Å²) in [6.07, 6.45) is 2.32. The molecular weight excluding hydrogens is 476 g/mol. The molecule has 1 saturated heterocycles. The first-order valence-electron chi connectivity index (χ1n) is 9.37. The third-order valence-corrected chi connectivity index (χ3v) is 5.90. The second-order valence-corrected chi connectivity index (χ2v) is 8.12. The number of imidazole rings is 1. The summed E-state index contributed by atoms with van der Waals surface area (Å²) in [5.74, 6) is -0.775. The van der Waals surface area contributed by atoms with Crippen molar-refractivity contribution in [3.8, 4) is 0 Å². The molecule has 1 aromatic carbocycles. The summed E-state index contributed by atoms with van der Waals surface area (Å²) in [6, 6.07) is 9.47. The number of aromatic nitrogens is 3. The quantitative estimate of drug-likeness (QED) is 0.580. The predicted molar refractivity (Wildman–Crippen MR) is 113 cm³/mol. The van der Waals surface area contributed by atoms with Crippen LogP contribution in [-0.2, 0) is 11.3 Å². The topological polar surface area (TPSA) is 97.0 Å². The molecule has 10 heteroatoms. The second-order valence-electron chi connectivity index (χ2n) is 7.01. The smallest absolute Gasteiger partial charge is 0.410 e. The van der Waals surface area contributed by atoms with Crippen molar-refractivity contribution in [3.05, 3.63) is 63.4 Å². The largest absolute Gasteiger partial charge is 0.477 e. The Kier molecular flexibility index (Phi) is 5.92. The Morgan fingerprint density at radius 1 is 1.30 bits per heavy atom. The van der Waals surface area contributed by atoms with Gasteiger partial charge < -0.3 is 14.7 Å². The van der Waals surface area contributed by atoms with Gasteiger partial charge in [0.05, 0.1) is 6.20 Å². The molecule has 1 aliphatic heterocycles. The summed E-state index contributed by atoms with van der Waals surface area (Å²) in [5.41, 5.74) is 1.28. The Morgan fingerprint density at radius 2 is 2.07 bits per heavy atom. The van der Waals surface area contributed by atoms with Crippen molar-refractivity contribution in [2.24, 2.45) is 0 Å². The minimum absolute atomic E-state index is 0.0358. The number of aromatic carboxylic acids is 1. The van der Waals surface area contributed by atoms with Crippen molar-refractivity contribution < 1.29 is 19.4 Å². The van der Waals surface area contributed by atoms with Crippen molar-refractivity contribution >= 4 is 45.1 Å². The van der Waals surface area contributed by atoms with Gasteiger partial charge in [-0.1, -0.05) is 41.9 Å². The molecule has 0 bridgehead atoms. The second kappa shape index (κ2) is 8.61. The minimum Gasteiger partial charge on any atom is -0.477 e. The molecule has 4 rings (SSSR count). The van der Waals surface area contributed by atoms with Crippen molar-refractivity contribution in [1.82, 2.24) is 19.3 Å². The lowest BCUT2D eigenvalue weighted by Crippen LogP contribution is -2.40. The van der Waals surface area contributed by atoms with Gasteiger partial charge in [-0.3, -0.25) is 4.40 Å². The molecule has 8 nitrogen and oxygen atoms in total. The third kappa shape index (κ3) is 3.99. The summed E-state index contributed by atoms with van der Waals surface area (Å²) in [4.78, 5) is 34.4. The van der Waals surface area contributed by atoms with Crippen LogP contribution < -0.4 is 0 Å². The Labute approximate surface area is 185 Å². The van der Waals surface area contributed by atoms with E-state index in [0.717, 1.165) is 18.4 Å². The third-order valence-electron chi connectivity index (χ3n) is 5.07. The van der Waals surface area contributed by atoms with E-state index in [1.807, 2.05) is 30.3 Å². The fourth-order valence-corrected chi connectivity index (χ4v) is 4.54. The van der Waals surface area contributed by atoms with Gasteiger partial charge in [-0.2, -0.15) is 0 Å². The monoisotopic (exact) mass is 492 g/mol. The molecule has 0 radical (unpaired) electrons. The molecule has 1 amide bonds. The average Bonchev–Trinajstić information content (AvgIpc) is 3.11. The molecule has 2 aromatic heterocycles. The standard InChI is InChI=1S/C20H18BrClN4O4/c21-16-15-17(22)23-9-14(19(27)28)26(15)18(24-16)13-7-4-8-25(10-13)20(29)30-11-12-5-2-1-3-6-12/h1-3,5-6,9,13H,4,7-8,10-11H2,(H,27,28)/t13-/m1/s1. The molecule has 0 aliphatic carbocycles. The van der Waals surface area contributed by atoms with Gasteiger partial charge >= 0.3 is 12.1 Å². The lowest BCUT2D eigenvalue weighted by Gasteiger charge is -2.31. The van der Waals surface area contributed by atoms with Crippen LogP contribution in [0.25, 0.3) is 5.52 Å². The van der Waals surface area contributed by atoms with Crippen LogP contribution in [0.2, 0.25) is 5.15 Å². The van der Waals surface area contributed by atoms with Crippen LogP contribution >= 0.6 is 27.5 Å². The van der Waals surface area contributed by atoms with Gasteiger partial charge in [-0.25, -0.2) is 19.6 Å². The number of hydrogen-bond acceptors (Lipinski definition) is 5. The summed E-state index contributed by atoms with van der Waals surface area (Å²) < 4.78 is 7.37. The fraction of sp³-hybridized carbons (Fsp3) is 0.300. The van der Waals surface area contributed by atoms with Gasteiger partial charge in [0.2, 0.25) is 0 Å². The van der Waals surface area contributed by atoms with Crippen LogP contribution in [0.15, 0.2) is 41.1 Å². The van der Waals surface area contributed by atoms with E-state index in [9.17, 15) is 14.7 Å². The summed E-state index contributed by atoms with van der Waals surface area (Å²) in [6.45, 7) is 1.14. The lowest BCUT2D eigenvalue weighted by atomic mass is 9.97. The zero-order valence-electron chi connectivity index (χ0n) is 15.8. The number of carbonyl (C=O) groups excluding carboxylic acids is 1. The molecule has 0 spiro atoms. The first-order valence-corrected chi connectivity index (χ1v) is 10.5. The highest BCUT2D eigenvalue weighted by Crippen LogP contribution is 2.33. The molecule has 3 heterocycles. The van der Waals surface area contributed by atoms with Crippen LogP contribution in [0.1, 0.15) is 40.6 Å². The number of hydrogen-bond donors (Lipinski definition) is 1. The molecule has 1 atom stereocenters. The van der Waals surface area contributed by atoms with E-state index in [-0.39, 0.29) is 23.4 Å².